The van der Waals surface area contributed by atoms with Crippen molar-refractivity contribution < 1.29 is 9.90 Å². The summed E-state index contributed by atoms with van der Waals surface area (Å²) in [6, 6.07) is 0. The Morgan fingerprint density at radius 1 is 1.50 bits per heavy atom. The maximum Gasteiger partial charge on any atom is 0.372 e. The summed E-state index contributed by atoms with van der Waals surface area (Å²) < 4.78 is 0. The standard InChI is InChI=1S/C8H9N3O3/c12-7-4-2-1-3-9-5(4)10-6(11-7)8(13)14/h1-3H2,(H,13,14)(H2,9,10,11,12). The second kappa shape index (κ2) is 3.13. The fraction of sp³-hybridized carbons (Fsp3) is 0.375. The second-order valence-corrected chi connectivity index (χ2v) is 3.08. The van der Waals surface area contributed by atoms with Crippen LogP contribution in [-0.2, 0) is 6.42 Å². The number of fused-ring (bicyclic) bond motifs is 1. The van der Waals surface area contributed by atoms with Crippen molar-refractivity contribution >= 4 is 11.8 Å². The number of aromatic carboxylic acids is 1. The summed E-state index contributed by atoms with van der Waals surface area (Å²) in [6.07, 6.45) is 1.51. The van der Waals surface area contributed by atoms with Crippen LogP contribution in [0.25, 0.3) is 0 Å². The Bertz CT molecular complexity index is 438. The number of nitrogens with one attached hydrogen (secondary N) is 2. The first-order valence-electron chi connectivity index (χ1n) is 4.29. The molecule has 0 bridgehead atoms. The van der Waals surface area contributed by atoms with Crippen LogP contribution in [0.2, 0.25) is 0 Å². The third-order valence-corrected chi connectivity index (χ3v) is 2.11. The van der Waals surface area contributed by atoms with Crippen molar-refractivity contribution in [2.75, 3.05) is 11.9 Å². The monoisotopic (exact) mass is 195 g/mol. The van der Waals surface area contributed by atoms with Gasteiger partial charge in [0.25, 0.3) is 5.56 Å². The fourth-order valence-electron chi connectivity index (χ4n) is 1.45. The van der Waals surface area contributed by atoms with E-state index in [1.54, 1.807) is 0 Å². The molecule has 0 fully saturated rings. The maximum atomic E-state index is 11.4. The smallest absolute Gasteiger partial charge is 0.372 e. The van der Waals surface area contributed by atoms with E-state index in [-0.39, 0.29) is 11.4 Å². The lowest BCUT2D eigenvalue weighted by Gasteiger charge is -2.15. The van der Waals surface area contributed by atoms with Crippen LogP contribution in [0.5, 0.6) is 0 Å². The van der Waals surface area contributed by atoms with E-state index in [4.69, 9.17) is 5.11 Å². The van der Waals surface area contributed by atoms with Gasteiger partial charge in [0.05, 0.1) is 5.56 Å². The highest BCUT2D eigenvalue weighted by atomic mass is 16.4. The Kier molecular flexibility index (Phi) is 1.95. The highest BCUT2D eigenvalue weighted by molar-refractivity contribution is 5.83. The first-order valence-corrected chi connectivity index (χ1v) is 4.29. The normalized spacial score (nSPS) is 14.3. The summed E-state index contributed by atoms with van der Waals surface area (Å²) in [4.78, 5) is 28.0. The van der Waals surface area contributed by atoms with Gasteiger partial charge in [-0.3, -0.25) is 4.79 Å². The molecule has 14 heavy (non-hydrogen) atoms. The summed E-state index contributed by atoms with van der Waals surface area (Å²) in [5, 5.41) is 11.6. The Morgan fingerprint density at radius 3 is 3.00 bits per heavy atom. The van der Waals surface area contributed by atoms with Crippen molar-refractivity contribution in [1.29, 1.82) is 0 Å². The van der Waals surface area contributed by atoms with Crippen LogP contribution in [-0.4, -0.2) is 27.6 Å². The zero-order valence-electron chi connectivity index (χ0n) is 7.33. The summed E-state index contributed by atoms with van der Waals surface area (Å²) in [5.41, 5.74) is 0.181. The average molecular weight is 195 g/mol. The second-order valence-electron chi connectivity index (χ2n) is 3.08. The van der Waals surface area contributed by atoms with Gasteiger partial charge in [-0.05, 0) is 12.8 Å². The quantitative estimate of drug-likeness (QED) is 0.578. The molecule has 74 valence electrons. The third-order valence-electron chi connectivity index (χ3n) is 2.11. The molecule has 3 N–H and O–H groups in total. The number of carboxylic acid groups (broad SMARTS) is 1. The molecule has 6 heteroatoms. The van der Waals surface area contributed by atoms with Gasteiger partial charge in [0, 0.05) is 6.54 Å². The number of aromatic nitrogens is 2. The van der Waals surface area contributed by atoms with Crippen LogP contribution in [0.3, 0.4) is 0 Å². The molecule has 0 aliphatic carbocycles. The summed E-state index contributed by atoms with van der Waals surface area (Å²) >= 11 is 0. The molecule has 2 heterocycles. The van der Waals surface area contributed by atoms with Crippen molar-refractivity contribution in [2.45, 2.75) is 12.8 Å². The van der Waals surface area contributed by atoms with Crippen molar-refractivity contribution in [3.05, 3.63) is 21.7 Å². The minimum Gasteiger partial charge on any atom is -0.475 e. The molecule has 0 aromatic carbocycles. The number of hydrogen-bond donors (Lipinski definition) is 3. The van der Waals surface area contributed by atoms with Gasteiger partial charge in [0.1, 0.15) is 5.82 Å². The molecular weight excluding hydrogens is 186 g/mol. The molecule has 0 saturated carbocycles. The highest BCUT2D eigenvalue weighted by Crippen LogP contribution is 2.14. The van der Waals surface area contributed by atoms with Gasteiger partial charge < -0.3 is 15.4 Å². The van der Waals surface area contributed by atoms with Crippen molar-refractivity contribution in [2.24, 2.45) is 0 Å². The first-order chi connectivity index (χ1) is 6.68. The molecule has 1 aliphatic rings. The molecule has 0 atom stereocenters. The predicted octanol–water partition coefficient (Wildman–Crippen LogP) is -0.174. The molecule has 1 aromatic rings. The van der Waals surface area contributed by atoms with Gasteiger partial charge in [-0.25, -0.2) is 9.78 Å². The molecule has 0 saturated heterocycles. The van der Waals surface area contributed by atoms with Crippen molar-refractivity contribution in [3.8, 4) is 0 Å². The molecule has 1 aromatic heterocycles. The number of nitrogens with zero attached hydrogens (tertiary/aromatic N) is 1. The van der Waals surface area contributed by atoms with Crippen LogP contribution in [0, 0.1) is 0 Å². The Labute approximate surface area is 79.0 Å². The van der Waals surface area contributed by atoms with E-state index in [0.29, 0.717) is 17.8 Å². The average Bonchev–Trinajstić information content (AvgIpc) is 2.17. The fourth-order valence-corrected chi connectivity index (χ4v) is 1.45. The van der Waals surface area contributed by atoms with Gasteiger partial charge in [0.15, 0.2) is 0 Å². The maximum absolute atomic E-state index is 11.4. The Morgan fingerprint density at radius 2 is 2.29 bits per heavy atom. The number of aromatic amines is 1. The minimum absolute atomic E-state index is 0.317. The zero-order valence-corrected chi connectivity index (χ0v) is 7.33. The van der Waals surface area contributed by atoms with Crippen LogP contribution in [0.1, 0.15) is 22.6 Å². The lowest BCUT2D eigenvalue weighted by molar-refractivity contribution is 0.0683. The van der Waals surface area contributed by atoms with Gasteiger partial charge >= 0.3 is 5.97 Å². The van der Waals surface area contributed by atoms with E-state index in [1.807, 2.05) is 0 Å². The number of carbonyl (C=O) groups is 1. The summed E-state index contributed by atoms with van der Waals surface area (Å²) in [5.74, 6) is -1.14. The van der Waals surface area contributed by atoms with Crippen molar-refractivity contribution in [1.82, 2.24) is 9.97 Å². The summed E-state index contributed by atoms with van der Waals surface area (Å²) in [7, 11) is 0. The molecule has 0 radical (unpaired) electrons. The number of anilines is 1. The Hall–Kier alpha value is -1.85. The van der Waals surface area contributed by atoms with Crippen LogP contribution in [0.4, 0.5) is 5.82 Å². The van der Waals surface area contributed by atoms with E-state index < -0.39 is 5.97 Å². The minimum atomic E-state index is -1.22. The van der Waals surface area contributed by atoms with Gasteiger partial charge in [-0.15, -0.1) is 0 Å². The van der Waals surface area contributed by atoms with E-state index in [1.165, 1.54) is 0 Å². The van der Waals surface area contributed by atoms with Gasteiger partial charge in [0.2, 0.25) is 5.82 Å². The largest absolute Gasteiger partial charge is 0.475 e. The van der Waals surface area contributed by atoms with Crippen LogP contribution in [0.15, 0.2) is 4.79 Å². The lowest BCUT2D eigenvalue weighted by Crippen LogP contribution is -2.26. The molecule has 1 aliphatic heterocycles. The SMILES string of the molecule is O=C(O)c1nc2c(c(=O)[nH]1)CCCN2. The molecular formula is C8H9N3O3. The first kappa shape index (κ1) is 8.74. The number of carboxylic acids is 1. The predicted molar refractivity (Wildman–Crippen MR) is 48.6 cm³/mol. The number of H-pyrrole nitrogens is 1. The van der Waals surface area contributed by atoms with E-state index in [2.05, 4.69) is 15.3 Å². The molecule has 0 amide bonds. The summed E-state index contributed by atoms with van der Waals surface area (Å²) in [6.45, 7) is 0.725. The van der Waals surface area contributed by atoms with E-state index >= 15 is 0 Å². The molecule has 6 nitrogen and oxygen atoms in total. The number of rotatable bonds is 1. The van der Waals surface area contributed by atoms with E-state index in [0.717, 1.165) is 13.0 Å². The molecule has 0 unspecified atom stereocenters. The van der Waals surface area contributed by atoms with Crippen LogP contribution >= 0.6 is 0 Å². The highest BCUT2D eigenvalue weighted by Gasteiger charge is 2.17. The molecule has 2 rings (SSSR count). The third kappa shape index (κ3) is 1.34. The van der Waals surface area contributed by atoms with Crippen LogP contribution < -0.4 is 10.9 Å². The van der Waals surface area contributed by atoms with Crippen molar-refractivity contribution in [3.63, 3.8) is 0 Å². The van der Waals surface area contributed by atoms with E-state index in [9.17, 15) is 9.59 Å². The zero-order chi connectivity index (χ0) is 10.1. The number of hydrogen-bond acceptors (Lipinski definition) is 4. The topological polar surface area (TPSA) is 95.1 Å². The molecule has 0 spiro atoms. The van der Waals surface area contributed by atoms with Gasteiger partial charge in [-0.1, -0.05) is 0 Å². The Balaban J connectivity index is 2.57. The lowest BCUT2D eigenvalue weighted by atomic mass is 10.1. The van der Waals surface area contributed by atoms with Gasteiger partial charge in [-0.2, -0.15) is 0 Å².